The third-order valence-electron chi connectivity index (χ3n) is 9.65. The van der Waals surface area contributed by atoms with Gasteiger partial charge in [-0.3, -0.25) is 23.7 Å². The van der Waals surface area contributed by atoms with Crippen LogP contribution in [0.5, 0.6) is 23.0 Å². The Labute approximate surface area is 305 Å². The number of fused-ring (bicyclic) bond motifs is 2. The van der Waals surface area contributed by atoms with Gasteiger partial charge < -0.3 is 14.2 Å². The van der Waals surface area contributed by atoms with Gasteiger partial charge in [0.25, 0.3) is 22.2 Å². The normalized spacial score (nSPS) is 12.1. The molecule has 0 atom stereocenters. The van der Waals surface area contributed by atoms with Crippen molar-refractivity contribution in [1.29, 1.82) is 0 Å². The first kappa shape index (κ1) is 35.2. The molecular formula is C44H40N2O7. The molecule has 5 aromatic carbocycles. The Bertz CT molecular complexity index is 2590. The maximum absolute atomic E-state index is 14.8. The zero-order valence-electron chi connectivity index (χ0n) is 31.0. The highest BCUT2D eigenvalue weighted by Gasteiger charge is 2.33. The van der Waals surface area contributed by atoms with Gasteiger partial charge in [-0.2, -0.15) is 0 Å². The molecule has 0 aliphatic carbocycles. The van der Waals surface area contributed by atoms with Gasteiger partial charge in [0.2, 0.25) is 0 Å². The predicted molar refractivity (Wildman–Crippen MR) is 210 cm³/mol. The van der Waals surface area contributed by atoms with E-state index in [0.29, 0.717) is 39.8 Å². The summed E-state index contributed by atoms with van der Waals surface area (Å²) < 4.78 is 19.2. The number of hydrogen-bond donors (Lipinski definition) is 0. The molecule has 0 aliphatic rings. The van der Waals surface area contributed by atoms with Gasteiger partial charge in [-0.15, -0.1) is 0 Å². The van der Waals surface area contributed by atoms with E-state index < -0.39 is 27.8 Å². The predicted octanol–water partition coefficient (Wildman–Crippen LogP) is 8.10. The highest BCUT2D eigenvalue weighted by Crippen LogP contribution is 2.41. The van der Waals surface area contributed by atoms with E-state index in [4.69, 9.17) is 14.2 Å². The second kappa shape index (κ2) is 12.8. The zero-order chi connectivity index (χ0) is 38.0. The number of benzene rings is 5. The fourth-order valence-corrected chi connectivity index (χ4v) is 7.00. The second-order valence-electron chi connectivity index (χ2n) is 15.1. The third kappa shape index (κ3) is 5.92. The molecule has 7 aromatic rings. The van der Waals surface area contributed by atoms with Crippen molar-refractivity contribution in [2.75, 3.05) is 14.2 Å². The number of nitrogens with zero attached hydrogens (tertiary/aromatic N) is 2. The molecule has 0 radical (unpaired) electrons. The van der Waals surface area contributed by atoms with Crippen molar-refractivity contribution in [1.82, 2.24) is 9.13 Å². The number of hydrogen-bond acceptors (Lipinski definition) is 7. The van der Waals surface area contributed by atoms with E-state index in [2.05, 4.69) is 20.8 Å². The molecule has 2 heterocycles. The fraction of sp³-hybridized carbons (Fsp3) is 0.227. The number of ether oxygens (including phenoxy) is 3. The quantitative estimate of drug-likeness (QED) is 0.165. The van der Waals surface area contributed by atoms with E-state index in [1.54, 1.807) is 93.6 Å². The Kier molecular flexibility index (Phi) is 8.48. The van der Waals surface area contributed by atoms with Crippen molar-refractivity contribution in [3.8, 4) is 50.9 Å². The molecule has 9 nitrogen and oxygen atoms in total. The lowest BCUT2D eigenvalue weighted by Gasteiger charge is -2.19. The number of rotatable bonds is 7. The molecule has 9 heteroatoms. The van der Waals surface area contributed by atoms with Crippen LogP contribution in [0.3, 0.4) is 0 Å². The van der Waals surface area contributed by atoms with Gasteiger partial charge in [0.05, 0.1) is 41.5 Å². The van der Waals surface area contributed by atoms with Gasteiger partial charge in [-0.05, 0) is 104 Å². The minimum atomic E-state index is -0.898. The molecule has 53 heavy (non-hydrogen) atoms. The Morgan fingerprint density at radius 1 is 0.453 bits per heavy atom. The fourth-order valence-electron chi connectivity index (χ4n) is 7.00. The first-order valence-electron chi connectivity index (χ1n) is 17.3. The summed E-state index contributed by atoms with van der Waals surface area (Å²) in [5, 5.41) is 0.231. The van der Waals surface area contributed by atoms with Gasteiger partial charge in [0, 0.05) is 16.7 Å². The monoisotopic (exact) mass is 708 g/mol. The van der Waals surface area contributed by atoms with Crippen molar-refractivity contribution in [3.63, 3.8) is 0 Å². The molecule has 0 amide bonds. The summed E-state index contributed by atoms with van der Waals surface area (Å²) in [5.74, 6) is 2.29. The Hall–Kier alpha value is -6.22. The van der Waals surface area contributed by atoms with Crippen LogP contribution in [-0.2, 0) is 11.0 Å². The molecule has 268 valence electrons. The van der Waals surface area contributed by atoms with Crippen molar-refractivity contribution in [2.24, 2.45) is 0 Å². The van der Waals surface area contributed by atoms with Gasteiger partial charge in [0.15, 0.2) is 0 Å². The van der Waals surface area contributed by atoms with Crippen LogP contribution in [0.1, 0.15) is 47.1 Å². The van der Waals surface area contributed by atoms with Crippen LogP contribution in [0, 0.1) is 0 Å². The Morgan fingerprint density at radius 3 is 1.17 bits per heavy atom. The summed E-state index contributed by atoms with van der Waals surface area (Å²) in [5.41, 5.74) is -0.321. The van der Waals surface area contributed by atoms with Crippen LogP contribution in [-0.4, -0.2) is 23.4 Å². The minimum absolute atomic E-state index is 0.000261. The van der Waals surface area contributed by atoms with Crippen LogP contribution >= 0.6 is 0 Å². The molecule has 0 saturated heterocycles. The second-order valence-corrected chi connectivity index (χ2v) is 15.1. The first-order valence-corrected chi connectivity index (χ1v) is 17.3. The smallest absolute Gasteiger partial charge is 0.266 e. The largest absolute Gasteiger partial charge is 0.497 e. The third-order valence-corrected chi connectivity index (χ3v) is 9.65. The molecule has 0 aliphatic heterocycles. The highest BCUT2D eigenvalue weighted by molar-refractivity contribution is 6.21. The van der Waals surface area contributed by atoms with Crippen LogP contribution in [0.25, 0.3) is 49.5 Å². The van der Waals surface area contributed by atoms with Gasteiger partial charge >= 0.3 is 0 Å². The maximum atomic E-state index is 14.8. The minimum Gasteiger partial charge on any atom is -0.497 e. The molecule has 7 rings (SSSR count). The Balaban J connectivity index is 1.53. The summed E-state index contributed by atoms with van der Waals surface area (Å²) in [6, 6.07) is 28.3. The maximum Gasteiger partial charge on any atom is 0.266 e. The molecule has 0 saturated carbocycles. The molecule has 0 unspecified atom stereocenters. The number of aromatic nitrogens is 2. The van der Waals surface area contributed by atoms with Crippen molar-refractivity contribution in [2.45, 2.75) is 52.5 Å². The van der Waals surface area contributed by atoms with Gasteiger partial charge in [-0.25, -0.2) is 4.57 Å². The van der Waals surface area contributed by atoms with E-state index in [-0.39, 0.29) is 38.1 Å². The summed E-state index contributed by atoms with van der Waals surface area (Å²) in [7, 11) is 3.08. The molecule has 0 bridgehead atoms. The highest BCUT2D eigenvalue weighted by atomic mass is 16.5. The summed E-state index contributed by atoms with van der Waals surface area (Å²) in [6.07, 6.45) is 0. The van der Waals surface area contributed by atoms with Crippen molar-refractivity contribution in [3.05, 3.63) is 144 Å². The number of methoxy groups -OCH3 is 2. The molecule has 0 N–H and O–H groups in total. The summed E-state index contributed by atoms with van der Waals surface area (Å²) >= 11 is 0. The summed E-state index contributed by atoms with van der Waals surface area (Å²) in [6.45, 7) is 11.7. The standard InChI is InChI=1S/C44H40N2O7/c1-43(2,3)27-13-21-31(22-14-27)53-32-23-15-28(16-24-32)45-39(47)35-33(25-9-17-29(51-7)18-10-25)37-38(42(50)46(41(37)49)44(4,5)6)34(36(35)40(45)48)26-11-19-30(52-8)20-12-26/h9-24H,1-8H3. The lowest BCUT2D eigenvalue weighted by atomic mass is 9.87. The van der Waals surface area contributed by atoms with E-state index in [0.717, 1.165) is 4.57 Å². The van der Waals surface area contributed by atoms with Crippen LogP contribution in [0.2, 0.25) is 0 Å². The molecule has 2 aromatic heterocycles. The van der Waals surface area contributed by atoms with Crippen LogP contribution in [0.15, 0.2) is 116 Å². The van der Waals surface area contributed by atoms with E-state index in [9.17, 15) is 19.2 Å². The lowest BCUT2D eigenvalue weighted by molar-refractivity contribution is 0.380. The Morgan fingerprint density at radius 2 is 0.811 bits per heavy atom. The lowest BCUT2D eigenvalue weighted by Crippen LogP contribution is -2.38. The van der Waals surface area contributed by atoms with E-state index >= 15 is 0 Å². The average Bonchev–Trinajstić information content (AvgIpc) is 3.55. The van der Waals surface area contributed by atoms with Crippen molar-refractivity contribution >= 4 is 21.5 Å². The van der Waals surface area contributed by atoms with Crippen molar-refractivity contribution < 1.29 is 14.2 Å². The molecule has 0 spiro atoms. The summed E-state index contributed by atoms with van der Waals surface area (Å²) in [4.78, 5) is 58.5. The van der Waals surface area contributed by atoms with E-state index in [1.165, 1.54) is 24.4 Å². The first-order chi connectivity index (χ1) is 25.1. The van der Waals surface area contributed by atoms with Gasteiger partial charge in [-0.1, -0.05) is 57.2 Å². The van der Waals surface area contributed by atoms with Crippen LogP contribution < -0.4 is 36.4 Å². The SMILES string of the molecule is COc1ccc(-c2c3c(=O)n(-c4ccc(Oc5ccc(C(C)(C)C)cc5)cc4)c(=O)c3c(-c3ccc(OC)cc3)c3c(=O)n(C(C)(C)C)c(=O)c23)cc1. The van der Waals surface area contributed by atoms with Crippen LogP contribution in [0.4, 0.5) is 0 Å². The topological polar surface area (TPSA) is 106 Å². The molecule has 0 fully saturated rings. The van der Waals surface area contributed by atoms with E-state index in [1.807, 2.05) is 24.3 Å². The zero-order valence-corrected chi connectivity index (χ0v) is 31.0. The average molecular weight is 709 g/mol. The molecular weight excluding hydrogens is 668 g/mol. The van der Waals surface area contributed by atoms with Gasteiger partial charge in [0.1, 0.15) is 23.0 Å².